The Hall–Kier alpha value is -3.05. The lowest BCUT2D eigenvalue weighted by atomic mass is 9.96. The van der Waals surface area contributed by atoms with Gasteiger partial charge in [-0.05, 0) is 42.2 Å². The van der Waals surface area contributed by atoms with Crippen LogP contribution in [0.15, 0.2) is 84.1 Å². The van der Waals surface area contributed by atoms with Gasteiger partial charge in [-0.2, -0.15) is 0 Å². The molecule has 2 N–H and O–H groups in total. The Bertz CT molecular complexity index is 1050. The molecule has 0 saturated carbocycles. The summed E-state index contributed by atoms with van der Waals surface area (Å²) in [5.74, 6) is 0.198. The van der Waals surface area contributed by atoms with Gasteiger partial charge < -0.3 is 10.4 Å². The first-order valence-corrected chi connectivity index (χ1v) is 9.86. The van der Waals surface area contributed by atoms with E-state index < -0.39 is 0 Å². The molecule has 0 amide bonds. The predicted octanol–water partition coefficient (Wildman–Crippen LogP) is 5.26. The fourth-order valence-electron chi connectivity index (χ4n) is 3.13. The Morgan fingerprint density at radius 2 is 1.78 bits per heavy atom. The maximum atomic E-state index is 10.9. The van der Waals surface area contributed by atoms with Gasteiger partial charge in [0.1, 0.15) is 11.3 Å². The summed E-state index contributed by atoms with van der Waals surface area (Å²) in [6.07, 6.45) is 7.27. The topological polar surface area (TPSA) is 58.0 Å². The molecule has 27 heavy (non-hydrogen) atoms. The third-order valence-electron chi connectivity index (χ3n) is 4.51. The Balaban J connectivity index is 1.83. The van der Waals surface area contributed by atoms with Crippen LogP contribution in [0.2, 0.25) is 0 Å². The normalized spacial score (nSPS) is 12.0. The van der Waals surface area contributed by atoms with E-state index in [-0.39, 0.29) is 11.8 Å². The first kappa shape index (κ1) is 17.4. The Kier molecular flexibility index (Phi) is 4.94. The van der Waals surface area contributed by atoms with Gasteiger partial charge in [-0.25, -0.2) is 0 Å². The van der Waals surface area contributed by atoms with Crippen molar-refractivity contribution < 1.29 is 5.11 Å². The number of nitrogens with zero attached hydrogens (tertiary/aromatic N) is 2. The molecule has 0 spiro atoms. The molecule has 0 fully saturated rings. The zero-order valence-corrected chi connectivity index (χ0v) is 15.6. The molecule has 2 aromatic carbocycles. The number of hydrogen-bond donors (Lipinski definition) is 2. The van der Waals surface area contributed by atoms with Crippen molar-refractivity contribution in [3.05, 3.63) is 90.4 Å². The van der Waals surface area contributed by atoms with Crippen molar-refractivity contribution in [2.45, 2.75) is 10.9 Å². The summed E-state index contributed by atoms with van der Waals surface area (Å²) in [5, 5.41) is 15.3. The van der Waals surface area contributed by atoms with Crippen molar-refractivity contribution in [3.63, 3.8) is 0 Å². The maximum absolute atomic E-state index is 10.9. The number of benzene rings is 2. The minimum absolute atomic E-state index is 0.198. The molecule has 0 bridgehead atoms. The number of rotatable bonds is 5. The van der Waals surface area contributed by atoms with Crippen molar-refractivity contribution in [2.75, 3.05) is 11.6 Å². The summed E-state index contributed by atoms with van der Waals surface area (Å²) in [7, 11) is 0. The molecular weight excluding hydrogens is 354 g/mol. The van der Waals surface area contributed by atoms with E-state index in [9.17, 15) is 5.11 Å². The van der Waals surface area contributed by atoms with Crippen LogP contribution in [-0.4, -0.2) is 21.3 Å². The second-order valence-corrected chi connectivity index (χ2v) is 7.05. The van der Waals surface area contributed by atoms with Gasteiger partial charge in [-0.3, -0.25) is 9.97 Å². The molecule has 4 rings (SSSR count). The van der Waals surface area contributed by atoms with Gasteiger partial charge in [-0.1, -0.05) is 30.3 Å². The molecule has 2 heterocycles. The van der Waals surface area contributed by atoms with Crippen LogP contribution in [0.3, 0.4) is 0 Å². The van der Waals surface area contributed by atoms with E-state index in [4.69, 9.17) is 0 Å². The second-order valence-electron chi connectivity index (χ2n) is 6.17. The number of phenolic OH excluding ortho intramolecular Hbond substituents is 1. The highest BCUT2D eigenvalue weighted by atomic mass is 32.2. The molecule has 134 valence electrons. The van der Waals surface area contributed by atoms with Gasteiger partial charge in [0.15, 0.2) is 0 Å². The fraction of sp³-hybridized carbons (Fsp3) is 0.0909. The van der Waals surface area contributed by atoms with E-state index in [2.05, 4.69) is 45.8 Å². The van der Waals surface area contributed by atoms with Gasteiger partial charge in [-0.15, -0.1) is 11.8 Å². The van der Waals surface area contributed by atoms with Crippen LogP contribution in [-0.2, 0) is 0 Å². The van der Waals surface area contributed by atoms with E-state index >= 15 is 0 Å². The van der Waals surface area contributed by atoms with Crippen molar-refractivity contribution in [1.29, 1.82) is 0 Å². The van der Waals surface area contributed by atoms with Crippen LogP contribution in [0.25, 0.3) is 10.9 Å². The Labute approximate surface area is 162 Å². The van der Waals surface area contributed by atoms with Crippen molar-refractivity contribution in [1.82, 2.24) is 9.97 Å². The molecule has 4 nitrogen and oxygen atoms in total. The summed E-state index contributed by atoms with van der Waals surface area (Å²) >= 11 is 1.70. The maximum Gasteiger partial charge on any atom is 0.147 e. The molecule has 1 atom stereocenters. The summed E-state index contributed by atoms with van der Waals surface area (Å²) in [6.45, 7) is 0. The highest BCUT2D eigenvalue weighted by Gasteiger charge is 2.20. The number of fused-ring (bicyclic) bond motifs is 1. The van der Waals surface area contributed by atoms with Gasteiger partial charge in [0, 0.05) is 34.4 Å². The number of anilines is 1. The van der Waals surface area contributed by atoms with E-state index in [1.54, 1.807) is 30.4 Å². The van der Waals surface area contributed by atoms with Crippen LogP contribution >= 0.6 is 11.8 Å². The predicted molar refractivity (Wildman–Crippen MR) is 111 cm³/mol. The first-order valence-electron chi connectivity index (χ1n) is 8.63. The highest BCUT2D eigenvalue weighted by Crippen LogP contribution is 2.36. The van der Waals surface area contributed by atoms with Gasteiger partial charge in [0.05, 0.1) is 11.7 Å². The zero-order valence-electron chi connectivity index (χ0n) is 14.8. The smallest absolute Gasteiger partial charge is 0.147 e. The Morgan fingerprint density at radius 1 is 0.963 bits per heavy atom. The van der Waals surface area contributed by atoms with Crippen LogP contribution in [0.4, 0.5) is 5.69 Å². The number of hydrogen-bond acceptors (Lipinski definition) is 5. The fourth-order valence-corrected chi connectivity index (χ4v) is 3.54. The van der Waals surface area contributed by atoms with E-state index in [0.29, 0.717) is 5.52 Å². The second kappa shape index (κ2) is 7.68. The standard InChI is InChI=1S/C22H19N3OS/c1-27-18-9-6-16(7-10-18)20(25-17-5-3-12-23-14-17)19-11-8-15-4-2-13-24-21(15)22(19)26/h2-14,20,25-26H,1H3/t20-/m0/s1. The molecule has 0 aliphatic carbocycles. The number of phenols is 1. The summed E-state index contributed by atoms with van der Waals surface area (Å²) in [4.78, 5) is 9.74. The van der Waals surface area contributed by atoms with Gasteiger partial charge in [0.25, 0.3) is 0 Å². The molecule has 0 aliphatic heterocycles. The zero-order chi connectivity index (χ0) is 18.6. The van der Waals surface area contributed by atoms with Crippen molar-refractivity contribution in [2.24, 2.45) is 0 Å². The van der Waals surface area contributed by atoms with Gasteiger partial charge >= 0.3 is 0 Å². The Morgan fingerprint density at radius 3 is 2.52 bits per heavy atom. The van der Waals surface area contributed by atoms with Crippen LogP contribution in [0.5, 0.6) is 5.75 Å². The van der Waals surface area contributed by atoms with Crippen LogP contribution in [0.1, 0.15) is 17.2 Å². The number of nitrogens with one attached hydrogen (secondary N) is 1. The third-order valence-corrected chi connectivity index (χ3v) is 5.26. The lowest BCUT2D eigenvalue weighted by Crippen LogP contribution is -2.13. The average molecular weight is 373 g/mol. The molecule has 2 aromatic heterocycles. The monoisotopic (exact) mass is 373 g/mol. The molecule has 0 radical (unpaired) electrons. The average Bonchev–Trinajstić information content (AvgIpc) is 2.74. The summed E-state index contributed by atoms with van der Waals surface area (Å²) in [5.41, 5.74) is 3.33. The van der Waals surface area contributed by atoms with Gasteiger partial charge in [0.2, 0.25) is 0 Å². The number of aromatic hydroxyl groups is 1. The summed E-state index contributed by atoms with van der Waals surface area (Å²) in [6, 6.07) is 19.7. The lowest BCUT2D eigenvalue weighted by molar-refractivity contribution is 0.472. The minimum Gasteiger partial charge on any atom is -0.505 e. The van der Waals surface area contributed by atoms with E-state index in [1.807, 2.05) is 36.4 Å². The molecule has 0 unspecified atom stereocenters. The molecule has 0 aliphatic rings. The number of pyridine rings is 2. The molecular formula is C22H19N3OS. The SMILES string of the molecule is CSc1ccc([C@H](Nc2cccnc2)c2ccc3cccnc3c2O)cc1. The largest absolute Gasteiger partial charge is 0.505 e. The van der Waals surface area contributed by atoms with Crippen molar-refractivity contribution >= 4 is 28.4 Å². The minimum atomic E-state index is -0.225. The lowest BCUT2D eigenvalue weighted by Gasteiger charge is -2.22. The van der Waals surface area contributed by atoms with Crippen molar-refractivity contribution in [3.8, 4) is 5.75 Å². The first-order chi connectivity index (χ1) is 13.3. The van der Waals surface area contributed by atoms with Crippen LogP contribution in [0, 0.1) is 0 Å². The van der Waals surface area contributed by atoms with Crippen LogP contribution < -0.4 is 5.32 Å². The van der Waals surface area contributed by atoms with E-state index in [0.717, 1.165) is 22.2 Å². The highest BCUT2D eigenvalue weighted by molar-refractivity contribution is 7.98. The molecule has 4 aromatic rings. The number of aromatic nitrogens is 2. The molecule has 0 saturated heterocycles. The molecule has 5 heteroatoms. The summed E-state index contributed by atoms with van der Waals surface area (Å²) < 4.78 is 0. The third kappa shape index (κ3) is 3.59. The number of thioether (sulfide) groups is 1. The quantitative estimate of drug-likeness (QED) is 0.467. The van der Waals surface area contributed by atoms with E-state index in [1.165, 1.54) is 4.90 Å².